The molecule has 0 fully saturated rings. The summed E-state index contributed by atoms with van der Waals surface area (Å²) in [5, 5.41) is 2.55. The van der Waals surface area contributed by atoms with Gasteiger partial charge in [-0.15, -0.1) is 0 Å². The number of aryl methyl sites for hydroxylation is 2. The molecular formula is C26H22. The van der Waals surface area contributed by atoms with Crippen LogP contribution in [0, 0.1) is 13.8 Å². The van der Waals surface area contributed by atoms with Crippen molar-refractivity contribution in [3.8, 4) is 0 Å². The van der Waals surface area contributed by atoms with Crippen molar-refractivity contribution >= 4 is 22.4 Å². The fourth-order valence-corrected chi connectivity index (χ4v) is 3.42. The lowest BCUT2D eigenvalue weighted by Crippen LogP contribution is -1.90. The molecule has 0 bridgehead atoms. The first-order valence-corrected chi connectivity index (χ1v) is 9.04. The highest BCUT2D eigenvalue weighted by atomic mass is 14.1. The van der Waals surface area contributed by atoms with Crippen LogP contribution in [0.15, 0.2) is 91.0 Å². The van der Waals surface area contributed by atoms with E-state index in [1.54, 1.807) is 0 Å². The van der Waals surface area contributed by atoms with Crippen LogP contribution in [0.3, 0.4) is 0 Å². The van der Waals surface area contributed by atoms with Crippen LogP contribution in [0.2, 0.25) is 0 Å². The van der Waals surface area contributed by atoms with Crippen LogP contribution in [0.25, 0.3) is 22.4 Å². The summed E-state index contributed by atoms with van der Waals surface area (Å²) in [7, 11) is 0. The second kappa shape index (κ2) is 7.01. The minimum atomic E-state index is 1.22. The van der Waals surface area contributed by atoms with Crippen molar-refractivity contribution in [2.45, 2.75) is 13.8 Å². The Hall–Kier alpha value is -3.12. The minimum Gasteiger partial charge on any atom is -0.0616 e. The zero-order valence-corrected chi connectivity index (χ0v) is 15.2. The SMILES string of the molecule is Cc1cccc(C(=Cc2ccc3ccccc3c2)c2cccc(C)c2)c1. The van der Waals surface area contributed by atoms with Gasteiger partial charge in [-0.2, -0.15) is 0 Å². The van der Waals surface area contributed by atoms with Crippen LogP contribution in [0.1, 0.15) is 27.8 Å². The summed E-state index contributed by atoms with van der Waals surface area (Å²) in [4.78, 5) is 0. The summed E-state index contributed by atoms with van der Waals surface area (Å²) in [5.41, 5.74) is 7.54. The Morgan fingerprint density at radius 3 is 1.81 bits per heavy atom. The zero-order chi connectivity index (χ0) is 17.9. The molecule has 4 aromatic carbocycles. The molecule has 26 heavy (non-hydrogen) atoms. The third-order valence-electron chi connectivity index (χ3n) is 4.74. The lowest BCUT2D eigenvalue weighted by molar-refractivity contribution is 1.42. The highest BCUT2D eigenvalue weighted by Gasteiger charge is 2.07. The summed E-state index contributed by atoms with van der Waals surface area (Å²) in [6, 6.07) is 32.6. The van der Waals surface area contributed by atoms with E-state index in [0.717, 1.165) is 0 Å². The van der Waals surface area contributed by atoms with Crippen molar-refractivity contribution in [2.24, 2.45) is 0 Å². The van der Waals surface area contributed by atoms with Crippen molar-refractivity contribution in [1.29, 1.82) is 0 Å². The predicted octanol–water partition coefficient (Wildman–Crippen LogP) is 7.05. The van der Waals surface area contributed by atoms with Crippen LogP contribution in [0.4, 0.5) is 0 Å². The van der Waals surface area contributed by atoms with Gasteiger partial charge in [0.1, 0.15) is 0 Å². The molecule has 0 N–H and O–H groups in total. The Balaban J connectivity index is 1.89. The molecular weight excluding hydrogens is 312 g/mol. The number of hydrogen-bond acceptors (Lipinski definition) is 0. The summed E-state index contributed by atoms with van der Waals surface area (Å²) in [6.45, 7) is 4.29. The van der Waals surface area contributed by atoms with Gasteiger partial charge in [0.2, 0.25) is 0 Å². The molecule has 0 nitrogen and oxygen atoms in total. The van der Waals surface area contributed by atoms with Crippen LogP contribution in [-0.2, 0) is 0 Å². The molecule has 0 amide bonds. The minimum absolute atomic E-state index is 1.22. The molecule has 0 saturated carbocycles. The Morgan fingerprint density at radius 1 is 0.577 bits per heavy atom. The standard InChI is InChI=1S/C26H22/c1-19-7-5-11-24(15-19)26(25-12-6-8-20(2)16-25)18-21-13-14-22-9-3-4-10-23(22)17-21/h3-18H,1-2H3. The Bertz CT molecular complexity index is 1050. The Labute approximate surface area is 155 Å². The van der Waals surface area contributed by atoms with Crippen LogP contribution in [-0.4, -0.2) is 0 Å². The molecule has 0 heterocycles. The zero-order valence-electron chi connectivity index (χ0n) is 15.2. The molecule has 0 saturated heterocycles. The van der Waals surface area contributed by atoms with Crippen molar-refractivity contribution in [3.63, 3.8) is 0 Å². The van der Waals surface area contributed by atoms with Crippen LogP contribution in [0.5, 0.6) is 0 Å². The second-order valence-electron chi connectivity index (χ2n) is 6.90. The van der Waals surface area contributed by atoms with E-state index in [0.29, 0.717) is 0 Å². The Morgan fingerprint density at radius 2 is 1.19 bits per heavy atom. The molecule has 0 aliphatic carbocycles. The molecule has 0 radical (unpaired) electrons. The molecule has 0 unspecified atom stereocenters. The maximum absolute atomic E-state index is 2.30. The highest BCUT2D eigenvalue weighted by molar-refractivity contribution is 5.94. The first kappa shape index (κ1) is 16.4. The molecule has 126 valence electrons. The molecule has 0 aromatic heterocycles. The first-order chi connectivity index (χ1) is 12.7. The van der Waals surface area contributed by atoms with E-state index in [-0.39, 0.29) is 0 Å². The van der Waals surface area contributed by atoms with Crippen molar-refractivity contribution in [1.82, 2.24) is 0 Å². The number of hydrogen-bond donors (Lipinski definition) is 0. The first-order valence-electron chi connectivity index (χ1n) is 9.04. The normalized spacial score (nSPS) is 10.7. The van der Waals surface area contributed by atoms with Gasteiger partial charge in [0, 0.05) is 0 Å². The van der Waals surface area contributed by atoms with E-state index in [2.05, 4.69) is 111 Å². The smallest absolute Gasteiger partial charge is 0.0105 e. The lowest BCUT2D eigenvalue weighted by Gasteiger charge is -2.11. The summed E-state index contributed by atoms with van der Waals surface area (Å²) in [5.74, 6) is 0. The van der Waals surface area contributed by atoms with Crippen molar-refractivity contribution in [3.05, 3.63) is 119 Å². The molecule has 4 rings (SSSR count). The van der Waals surface area contributed by atoms with Gasteiger partial charge in [-0.3, -0.25) is 0 Å². The summed E-state index contributed by atoms with van der Waals surface area (Å²) in [6.07, 6.45) is 2.30. The molecule has 4 aromatic rings. The topological polar surface area (TPSA) is 0 Å². The molecule has 0 heteroatoms. The molecule has 0 spiro atoms. The summed E-state index contributed by atoms with van der Waals surface area (Å²) < 4.78 is 0. The van der Waals surface area contributed by atoms with E-state index < -0.39 is 0 Å². The van der Waals surface area contributed by atoms with Gasteiger partial charge in [0.25, 0.3) is 0 Å². The molecule has 0 aliphatic rings. The average molecular weight is 334 g/mol. The maximum atomic E-state index is 2.30. The predicted molar refractivity (Wildman–Crippen MR) is 113 cm³/mol. The van der Waals surface area contributed by atoms with E-state index >= 15 is 0 Å². The fraction of sp³-hybridized carbons (Fsp3) is 0.0769. The largest absolute Gasteiger partial charge is 0.0616 e. The van der Waals surface area contributed by atoms with E-state index in [4.69, 9.17) is 0 Å². The van der Waals surface area contributed by atoms with E-state index in [9.17, 15) is 0 Å². The lowest BCUT2D eigenvalue weighted by atomic mass is 9.93. The van der Waals surface area contributed by atoms with Crippen molar-refractivity contribution < 1.29 is 0 Å². The Kier molecular flexibility index (Phi) is 4.41. The number of rotatable bonds is 3. The second-order valence-corrected chi connectivity index (χ2v) is 6.90. The van der Waals surface area contributed by atoms with Crippen LogP contribution < -0.4 is 0 Å². The van der Waals surface area contributed by atoms with E-state index in [1.807, 2.05) is 0 Å². The third-order valence-corrected chi connectivity index (χ3v) is 4.74. The van der Waals surface area contributed by atoms with Gasteiger partial charge in [-0.25, -0.2) is 0 Å². The number of fused-ring (bicyclic) bond motifs is 1. The third kappa shape index (κ3) is 3.45. The fourth-order valence-electron chi connectivity index (χ4n) is 3.42. The maximum Gasteiger partial charge on any atom is -0.0105 e. The van der Waals surface area contributed by atoms with Crippen LogP contribution >= 0.6 is 0 Å². The number of benzene rings is 4. The van der Waals surface area contributed by atoms with Gasteiger partial charge in [-0.05, 0) is 59.0 Å². The van der Waals surface area contributed by atoms with Gasteiger partial charge in [0.15, 0.2) is 0 Å². The van der Waals surface area contributed by atoms with Gasteiger partial charge < -0.3 is 0 Å². The highest BCUT2D eigenvalue weighted by Crippen LogP contribution is 2.28. The molecule has 0 aliphatic heterocycles. The van der Waals surface area contributed by atoms with Gasteiger partial charge >= 0.3 is 0 Å². The molecule has 0 atom stereocenters. The summed E-state index contributed by atoms with van der Waals surface area (Å²) >= 11 is 0. The van der Waals surface area contributed by atoms with Crippen molar-refractivity contribution in [2.75, 3.05) is 0 Å². The van der Waals surface area contributed by atoms with Gasteiger partial charge in [-0.1, -0.05) is 96.1 Å². The van der Waals surface area contributed by atoms with E-state index in [1.165, 1.54) is 44.2 Å². The monoisotopic (exact) mass is 334 g/mol. The quantitative estimate of drug-likeness (QED) is 0.352. The average Bonchev–Trinajstić information content (AvgIpc) is 2.66. The van der Waals surface area contributed by atoms with Gasteiger partial charge in [0.05, 0.1) is 0 Å².